The summed E-state index contributed by atoms with van der Waals surface area (Å²) in [6.07, 6.45) is 7.99. The number of allylic oxidation sites excluding steroid dienone is 1. The molecule has 1 saturated carbocycles. The van der Waals surface area contributed by atoms with Crippen LogP contribution in [0.3, 0.4) is 0 Å². The fourth-order valence-corrected chi connectivity index (χ4v) is 3.63. The fourth-order valence-electron chi connectivity index (χ4n) is 3.27. The van der Waals surface area contributed by atoms with E-state index in [1.54, 1.807) is 0 Å². The normalized spacial score (nSPS) is 24.3. The number of benzene rings is 1. The van der Waals surface area contributed by atoms with Crippen LogP contribution in [0.2, 0.25) is 0 Å². The van der Waals surface area contributed by atoms with Crippen molar-refractivity contribution < 1.29 is 0 Å². The van der Waals surface area contributed by atoms with Crippen LogP contribution < -0.4 is 21.5 Å². The molecule has 4 nitrogen and oxygen atoms in total. The Balaban J connectivity index is 1.29. The van der Waals surface area contributed by atoms with Crippen LogP contribution in [0.25, 0.3) is 0 Å². The Kier molecular flexibility index (Phi) is 5.46. The highest BCUT2D eigenvalue weighted by molar-refractivity contribution is 7.80. The highest BCUT2D eigenvalue weighted by atomic mass is 32.1. The number of rotatable bonds is 4. The van der Waals surface area contributed by atoms with E-state index >= 15 is 0 Å². The summed E-state index contributed by atoms with van der Waals surface area (Å²) in [5.74, 6) is 1.35. The smallest absolute Gasteiger partial charge is 0.185 e. The van der Waals surface area contributed by atoms with Gasteiger partial charge in [0.25, 0.3) is 0 Å². The third kappa shape index (κ3) is 4.65. The van der Waals surface area contributed by atoms with Gasteiger partial charge in [-0.3, -0.25) is 10.9 Å². The van der Waals surface area contributed by atoms with Gasteiger partial charge in [0.1, 0.15) is 0 Å². The van der Waals surface area contributed by atoms with Crippen molar-refractivity contribution in [1.29, 1.82) is 0 Å². The highest BCUT2D eigenvalue weighted by Gasteiger charge is 2.35. The van der Waals surface area contributed by atoms with E-state index < -0.39 is 0 Å². The lowest BCUT2D eigenvalue weighted by Gasteiger charge is -2.22. The van der Waals surface area contributed by atoms with Gasteiger partial charge in [0.05, 0.1) is 0 Å². The molecule has 2 aliphatic rings. The van der Waals surface area contributed by atoms with Gasteiger partial charge >= 0.3 is 0 Å². The Morgan fingerprint density at radius 2 is 1.78 bits per heavy atom. The molecule has 6 heteroatoms. The number of hydrogen-bond acceptors (Lipinski definition) is 2. The first-order chi connectivity index (χ1) is 11.2. The van der Waals surface area contributed by atoms with E-state index in [0.29, 0.717) is 22.2 Å². The van der Waals surface area contributed by atoms with Crippen LogP contribution in [0, 0.1) is 11.8 Å². The van der Waals surface area contributed by atoms with E-state index in [0.717, 1.165) is 18.9 Å². The molecule has 0 unspecified atom stereocenters. The molecule has 3 atom stereocenters. The average Bonchev–Trinajstić information content (AvgIpc) is 3.17. The minimum absolute atomic E-state index is 0.450. The summed E-state index contributed by atoms with van der Waals surface area (Å²) in [5.41, 5.74) is 7.18. The Hall–Kier alpha value is -1.66. The van der Waals surface area contributed by atoms with Crippen LogP contribution in [0.1, 0.15) is 18.4 Å². The van der Waals surface area contributed by atoms with Crippen molar-refractivity contribution in [2.45, 2.75) is 25.3 Å². The first kappa shape index (κ1) is 16.2. The Morgan fingerprint density at radius 1 is 1.00 bits per heavy atom. The predicted molar refractivity (Wildman–Crippen MR) is 102 cm³/mol. The van der Waals surface area contributed by atoms with Crippen LogP contribution in [0.15, 0.2) is 42.5 Å². The van der Waals surface area contributed by atoms with Crippen molar-refractivity contribution in [1.82, 2.24) is 21.5 Å². The zero-order valence-electron chi connectivity index (χ0n) is 12.9. The summed E-state index contributed by atoms with van der Waals surface area (Å²) < 4.78 is 0. The van der Waals surface area contributed by atoms with E-state index in [1.165, 1.54) is 18.4 Å². The molecule has 2 bridgehead atoms. The number of fused-ring (bicyclic) bond motifs is 2. The van der Waals surface area contributed by atoms with E-state index in [1.807, 2.05) is 18.2 Å². The van der Waals surface area contributed by atoms with Crippen molar-refractivity contribution in [3.63, 3.8) is 0 Å². The quantitative estimate of drug-likeness (QED) is 0.380. The van der Waals surface area contributed by atoms with Gasteiger partial charge in [-0.05, 0) is 61.1 Å². The van der Waals surface area contributed by atoms with Crippen LogP contribution in [0.5, 0.6) is 0 Å². The van der Waals surface area contributed by atoms with E-state index in [2.05, 4.69) is 45.8 Å². The topological polar surface area (TPSA) is 48.1 Å². The zero-order valence-corrected chi connectivity index (χ0v) is 14.6. The Bertz CT molecular complexity index is 588. The van der Waals surface area contributed by atoms with Gasteiger partial charge in [-0.15, -0.1) is 0 Å². The van der Waals surface area contributed by atoms with Crippen LogP contribution in [-0.4, -0.2) is 22.8 Å². The zero-order chi connectivity index (χ0) is 16.1. The van der Waals surface area contributed by atoms with Gasteiger partial charge in [-0.1, -0.05) is 42.5 Å². The van der Waals surface area contributed by atoms with Crippen molar-refractivity contribution in [2.75, 3.05) is 6.54 Å². The third-order valence-corrected chi connectivity index (χ3v) is 4.89. The lowest BCUT2D eigenvalue weighted by atomic mass is 10.0. The summed E-state index contributed by atoms with van der Waals surface area (Å²) in [7, 11) is 0. The standard InChI is InChI=1S/C17H22N4S2/c22-16(18-9-8-12-4-2-1-3-5-12)20-21-17(23)19-15-11-13-6-7-14(15)10-13/h1-7,13-15H,8-11H2,(H2,18,20,22)(H2,19,21,23)/t13-,14-,15+/m1/s1. The van der Waals surface area contributed by atoms with Crippen molar-refractivity contribution in [3.8, 4) is 0 Å². The maximum Gasteiger partial charge on any atom is 0.185 e. The molecule has 3 rings (SSSR count). The first-order valence-electron chi connectivity index (χ1n) is 8.03. The maximum absolute atomic E-state index is 5.32. The second kappa shape index (κ2) is 7.75. The molecule has 1 fully saturated rings. The number of hydrazine groups is 1. The fraction of sp³-hybridized carbons (Fsp3) is 0.412. The monoisotopic (exact) mass is 346 g/mol. The van der Waals surface area contributed by atoms with E-state index in [4.69, 9.17) is 24.4 Å². The van der Waals surface area contributed by atoms with Gasteiger partial charge in [-0.2, -0.15) is 0 Å². The molecule has 0 aromatic heterocycles. The third-order valence-electron chi connectivity index (χ3n) is 4.43. The minimum Gasteiger partial charge on any atom is -0.361 e. The molecule has 0 saturated heterocycles. The number of thiocarbonyl (C=S) groups is 2. The molecule has 0 aliphatic heterocycles. The largest absolute Gasteiger partial charge is 0.361 e. The molecule has 0 spiro atoms. The van der Waals surface area contributed by atoms with Crippen molar-refractivity contribution in [3.05, 3.63) is 48.0 Å². The van der Waals surface area contributed by atoms with Crippen molar-refractivity contribution >= 4 is 34.7 Å². The van der Waals surface area contributed by atoms with Gasteiger partial charge in [-0.25, -0.2) is 0 Å². The molecule has 2 aliphatic carbocycles. The molecule has 122 valence electrons. The highest BCUT2D eigenvalue weighted by Crippen LogP contribution is 2.38. The minimum atomic E-state index is 0.450. The maximum atomic E-state index is 5.32. The van der Waals surface area contributed by atoms with Crippen molar-refractivity contribution in [2.24, 2.45) is 11.8 Å². The Morgan fingerprint density at radius 3 is 2.48 bits per heavy atom. The van der Waals surface area contributed by atoms with Crippen LogP contribution in [-0.2, 0) is 6.42 Å². The molecule has 0 heterocycles. The summed E-state index contributed by atoms with van der Waals surface area (Å²) in [6.45, 7) is 0.787. The summed E-state index contributed by atoms with van der Waals surface area (Å²) >= 11 is 10.6. The van der Waals surface area contributed by atoms with Crippen LogP contribution in [0.4, 0.5) is 0 Å². The van der Waals surface area contributed by atoms with Gasteiger partial charge in [0, 0.05) is 12.6 Å². The second-order valence-corrected chi connectivity index (χ2v) is 6.92. The molecule has 0 radical (unpaired) electrons. The lowest BCUT2D eigenvalue weighted by Crippen LogP contribution is -2.53. The molecular formula is C17H22N4S2. The van der Waals surface area contributed by atoms with E-state index in [9.17, 15) is 0 Å². The van der Waals surface area contributed by atoms with E-state index in [-0.39, 0.29) is 0 Å². The molecule has 23 heavy (non-hydrogen) atoms. The molecule has 0 amide bonds. The molecule has 1 aromatic rings. The summed E-state index contributed by atoms with van der Waals surface area (Å²) in [6, 6.07) is 10.8. The lowest BCUT2D eigenvalue weighted by molar-refractivity contribution is 0.518. The predicted octanol–water partition coefficient (Wildman–Crippen LogP) is 2.04. The number of hydrogen-bond donors (Lipinski definition) is 4. The van der Waals surface area contributed by atoms with Crippen LogP contribution >= 0.6 is 24.4 Å². The number of nitrogens with one attached hydrogen (secondary N) is 4. The average molecular weight is 347 g/mol. The summed E-state index contributed by atoms with van der Waals surface area (Å²) in [5, 5.41) is 7.69. The molecule has 1 aromatic carbocycles. The second-order valence-electron chi connectivity index (χ2n) is 6.10. The molecular weight excluding hydrogens is 324 g/mol. The van der Waals surface area contributed by atoms with Gasteiger partial charge in [0.15, 0.2) is 10.2 Å². The molecule has 4 N–H and O–H groups in total. The first-order valence-corrected chi connectivity index (χ1v) is 8.85. The SMILES string of the molecule is S=C(NCCc1ccccc1)NNC(=S)N[C@H]1C[C@@H]2C=C[C@@H]1C2. The van der Waals surface area contributed by atoms with Gasteiger partial charge in [0.2, 0.25) is 0 Å². The summed E-state index contributed by atoms with van der Waals surface area (Å²) in [4.78, 5) is 0. The van der Waals surface area contributed by atoms with Gasteiger partial charge < -0.3 is 10.6 Å². The Labute approximate surface area is 148 Å².